The van der Waals surface area contributed by atoms with Gasteiger partial charge >= 0.3 is 5.97 Å². The molecule has 1 N–H and O–H groups in total. The fraction of sp³-hybridized carbons (Fsp3) is 0.545. The van der Waals surface area contributed by atoms with Gasteiger partial charge in [-0.2, -0.15) is 0 Å². The molecule has 1 rings (SSSR count). The molecule has 0 fully saturated rings. The van der Waals surface area contributed by atoms with Crippen LogP contribution in [0, 0.1) is 5.92 Å². The highest BCUT2D eigenvalue weighted by Gasteiger charge is 2.14. The lowest BCUT2D eigenvalue weighted by Crippen LogP contribution is -2.13. The SMILES string of the molecule is COC1C=CC(C[C@H](C)C(=O)O)=CC1. The van der Waals surface area contributed by atoms with Gasteiger partial charge in [0.15, 0.2) is 0 Å². The number of rotatable bonds is 4. The number of allylic oxidation sites excluding steroid dienone is 2. The average molecular weight is 196 g/mol. The van der Waals surface area contributed by atoms with Gasteiger partial charge in [-0.3, -0.25) is 4.79 Å². The van der Waals surface area contributed by atoms with Crippen molar-refractivity contribution >= 4 is 5.97 Å². The quantitative estimate of drug-likeness (QED) is 0.748. The Kier molecular flexibility index (Phi) is 3.89. The van der Waals surface area contributed by atoms with Crippen molar-refractivity contribution in [1.82, 2.24) is 0 Å². The van der Waals surface area contributed by atoms with E-state index in [9.17, 15) is 4.79 Å². The first-order valence-corrected chi connectivity index (χ1v) is 4.76. The Hall–Kier alpha value is -1.09. The zero-order valence-electron chi connectivity index (χ0n) is 8.56. The van der Waals surface area contributed by atoms with Gasteiger partial charge in [0.1, 0.15) is 0 Å². The lowest BCUT2D eigenvalue weighted by Gasteiger charge is -2.15. The summed E-state index contributed by atoms with van der Waals surface area (Å²) in [6, 6.07) is 0. The van der Waals surface area contributed by atoms with Crippen LogP contribution in [0.4, 0.5) is 0 Å². The average Bonchev–Trinajstić information content (AvgIpc) is 2.19. The summed E-state index contributed by atoms with van der Waals surface area (Å²) in [6.45, 7) is 1.72. The molecule has 0 saturated heterocycles. The standard InChI is InChI=1S/C11H16O3/c1-8(11(12)13)7-9-3-5-10(14-2)6-4-9/h3-5,8,10H,6-7H2,1-2H3,(H,12,13)/t8-,10?/m0/s1. The predicted molar refractivity (Wildman–Crippen MR) is 54.1 cm³/mol. The fourth-order valence-electron chi connectivity index (χ4n) is 1.41. The van der Waals surface area contributed by atoms with E-state index < -0.39 is 5.97 Å². The Morgan fingerprint density at radius 3 is 2.93 bits per heavy atom. The molecule has 0 aromatic rings. The summed E-state index contributed by atoms with van der Waals surface area (Å²) in [4.78, 5) is 10.6. The number of hydrogen-bond acceptors (Lipinski definition) is 2. The van der Waals surface area contributed by atoms with Crippen LogP contribution < -0.4 is 0 Å². The van der Waals surface area contributed by atoms with Crippen molar-refractivity contribution in [2.75, 3.05) is 7.11 Å². The number of carboxylic acid groups (broad SMARTS) is 1. The molecule has 0 heterocycles. The summed E-state index contributed by atoms with van der Waals surface area (Å²) in [5.41, 5.74) is 1.09. The minimum Gasteiger partial charge on any atom is -0.481 e. The Morgan fingerprint density at radius 2 is 2.50 bits per heavy atom. The van der Waals surface area contributed by atoms with Crippen molar-refractivity contribution < 1.29 is 14.6 Å². The Morgan fingerprint density at radius 1 is 1.79 bits per heavy atom. The van der Waals surface area contributed by atoms with Gasteiger partial charge in [-0.05, 0) is 12.8 Å². The van der Waals surface area contributed by atoms with Crippen LogP contribution in [-0.2, 0) is 9.53 Å². The summed E-state index contributed by atoms with van der Waals surface area (Å²) in [5.74, 6) is -1.06. The molecule has 1 aliphatic carbocycles. The van der Waals surface area contributed by atoms with Crippen LogP contribution in [-0.4, -0.2) is 24.3 Å². The summed E-state index contributed by atoms with van der Waals surface area (Å²) < 4.78 is 5.14. The molecule has 3 nitrogen and oxygen atoms in total. The Bertz CT molecular complexity index is 266. The van der Waals surface area contributed by atoms with Crippen LogP contribution in [0.25, 0.3) is 0 Å². The van der Waals surface area contributed by atoms with Gasteiger partial charge < -0.3 is 9.84 Å². The first-order chi connectivity index (χ1) is 6.63. The normalized spacial score (nSPS) is 23.0. The van der Waals surface area contributed by atoms with Gasteiger partial charge in [0.25, 0.3) is 0 Å². The highest BCUT2D eigenvalue weighted by atomic mass is 16.5. The molecule has 1 aliphatic rings. The van der Waals surface area contributed by atoms with E-state index in [1.54, 1.807) is 14.0 Å². The maximum atomic E-state index is 10.6. The van der Waals surface area contributed by atoms with Gasteiger partial charge in [0, 0.05) is 7.11 Å². The van der Waals surface area contributed by atoms with Crippen LogP contribution in [0.1, 0.15) is 19.8 Å². The molecule has 0 radical (unpaired) electrons. The third-order valence-corrected chi connectivity index (χ3v) is 2.40. The van der Waals surface area contributed by atoms with Crippen molar-refractivity contribution in [3.63, 3.8) is 0 Å². The second-order valence-corrected chi connectivity index (χ2v) is 3.59. The van der Waals surface area contributed by atoms with Crippen LogP contribution in [0.5, 0.6) is 0 Å². The first kappa shape index (κ1) is 11.0. The number of carbonyl (C=O) groups is 1. The third-order valence-electron chi connectivity index (χ3n) is 2.40. The van der Waals surface area contributed by atoms with Crippen LogP contribution in [0.2, 0.25) is 0 Å². The van der Waals surface area contributed by atoms with E-state index in [-0.39, 0.29) is 12.0 Å². The molecule has 0 saturated carbocycles. The summed E-state index contributed by atoms with van der Waals surface area (Å²) in [6.07, 6.45) is 7.57. The predicted octanol–water partition coefficient (Wildman–Crippen LogP) is 2.00. The van der Waals surface area contributed by atoms with Gasteiger partial charge in [0.05, 0.1) is 12.0 Å². The van der Waals surface area contributed by atoms with E-state index in [4.69, 9.17) is 9.84 Å². The number of hydrogen-bond donors (Lipinski definition) is 1. The highest BCUT2D eigenvalue weighted by molar-refractivity contribution is 5.70. The molecule has 0 aromatic carbocycles. The summed E-state index contributed by atoms with van der Waals surface area (Å²) >= 11 is 0. The van der Waals surface area contributed by atoms with E-state index in [2.05, 4.69) is 0 Å². The first-order valence-electron chi connectivity index (χ1n) is 4.76. The monoisotopic (exact) mass is 196 g/mol. The highest BCUT2D eigenvalue weighted by Crippen LogP contribution is 2.19. The molecule has 0 spiro atoms. The maximum Gasteiger partial charge on any atom is 0.306 e. The van der Waals surface area contributed by atoms with E-state index in [1.165, 1.54) is 0 Å². The van der Waals surface area contributed by atoms with Crippen molar-refractivity contribution in [3.05, 3.63) is 23.8 Å². The fourth-order valence-corrected chi connectivity index (χ4v) is 1.41. The molecule has 78 valence electrons. The van der Waals surface area contributed by atoms with Gasteiger partial charge in [-0.25, -0.2) is 0 Å². The second kappa shape index (κ2) is 4.96. The molecule has 0 amide bonds. The maximum absolute atomic E-state index is 10.6. The molecular formula is C11H16O3. The van der Waals surface area contributed by atoms with E-state index in [0.29, 0.717) is 6.42 Å². The van der Waals surface area contributed by atoms with Gasteiger partial charge in [-0.15, -0.1) is 0 Å². The number of carboxylic acids is 1. The lowest BCUT2D eigenvalue weighted by atomic mass is 9.96. The van der Waals surface area contributed by atoms with E-state index in [0.717, 1.165) is 12.0 Å². The molecule has 14 heavy (non-hydrogen) atoms. The number of methoxy groups -OCH3 is 1. The third kappa shape index (κ3) is 3.00. The second-order valence-electron chi connectivity index (χ2n) is 3.59. The minimum atomic E-state index is -0.742. The number of aliphatic carboxylic acids is 1. The van der Waals surface area contributed by atoms with Crippen LogP contribution >= 0.6 is 0 Å². The summed E-state index contributed by atoms with van der Waals surface area (Å²) in [7, 11) is 1.67. The molecule has 0 bridgehead atoms. The Labute approximate surface area is 84.1 Å². The van der Waals surface area contributed by atoms with E-state index in [1.807, 2.05) is 18.2 Å². The van der Waals surface area contributed by atoms with Crippen molar-refractivity contribution in [2.45, 2.75) is 25.9 Å². The zero-order chi connectivity index (χ0) is 10.6. The van der Waals surface area contributed by atoms with Crippen LogP contribution in [0.15, 0.2) is 23.8 Å². The molecule has 0 aliphatic heterocycles. The lowest BCUT2D eigenvalue weighted by molar-refractivity contribution is -0.141. The van der Waals surface area contributed by atoms with Gasteiger partial charge in [0.2, 0.25) is 0 Å². The Balaban J connectivity index is 2.45. The topological polar surface area (TPSA) is 46.5 Å². The van der Waals surface area contributed by atoms with Crippen LogP contribution in [0.3, 0.4) is 0 Å². The molecular weight excluding hydrogens is 180 g/mol. The molecule has 0 aromatic heterocycles. The zero-order valence-corrected chi connectivity index (χ0v) is 8.56. The smallest absolute Gasteiger partial charge is 0.306 e. The minimum absolute atomic E-state index is 0.152. The number of ether oxygens (including phenoxy) is 1. The molecule has 2 atom stereocenters. The molecule has 3 heteroatoms. The summed E-state index contributed by atoms with van der Waals surface area (Å²) in [5, 5.41) is 8.73. The van der Waals surface area contributed by atoms with Crippen molar-refractivity contribution in [1.29, 1.82) is 0 Å². The van der Waals surface area contributed by atoms with E-state index >= 15 is 0 Å². The largest absolute Gasteiger partial charge is 0.481 e. The van der Waals surface area contributed by atoms with Crippen molar-refractivity contribution in [3.8, 4) is 0 Å². The molecule has 1 unspecified atom stereocenters. The van der Waals surface area contributed by atoms with Gasteiger partial charge in [-0.1, -0.05) is 30.7 Å². The van der Waals surface area contributed by atoms with Crippen molar-refractivity contribution in [2.24, 2.45) is 5.92 Å².